The second-order valence-corrected chi connectivity index (χ2v) is 5.80. The minimum absolute atomic E-state index is 0.181. The molecule has 0 aliphatic heterocycles. The van der Waals surface area contributed by atoms with Gasteiger partial charge in [-0.15, -0.1) is 0 Å². The first kappa shape index (κ1) is 21.1. The normalized spacial score (nSPS) is 11.1. The summed E-state index contributed by atoms with van der Waals surface area (Å²) in [5.41, 5.74) is -2.02. The second kappa shape index (κ2) is 9.16. The first-order valence-corrected chi connectivity index (χ1v) is 8.43. The van der Waals surface area contributed by atoms with E-state index in [-0.39, 0.29) is 11.3 Å². The lowest BCUT2D eigenvalue weighted by molar-refractivity contribution is -0.137. The van der Waals surface area contributed by atoms with Gasteiger partial charge in [0.2, 0.25) is 0 Å². The Morgan fingerprint density at radius 1 is 1.18 bits per heavy atom. The summed E-state index contributed by atoms with van der Waals surface area (Å²) in [5, 5.41) is 5.93. The van der Waals surface area contributed by atoms with Crippen molar-refractivity contribution in [3.05, 3.63) is 58.0 Å². The van der Waals surface area contributed by atoms with Gasteiger partial charge in [-0.2, -0.15) is 18.3 Å². The molecule has 2 aromatic rings. The molecule has 0 aliphatic carbocycles. The summed E-state index contributed by atoms with van der Waals surface area (Å²) >= 11 is 0. The van der Waals surface area contributed by atoms with E-state index < -0.39 is 35.9 Å². The molecule has 1 heterocycles. The van der Waals surface area contributed by atoms with Crippen molar-refractivity contribution in [2.45, 2.75) is 32.5 Å². The lowest BCUT2D eigenvalue weighted by Gasteiger charge is -2.13. The Bertz CT molecular complexity index is 909. The lowest BCUT2D eigenvalue weighted by atomic mass is 10.1. The fraction of sp³-hybridized carbons (Fsp3) is 0.333. The molecule has 0 saturated heterocycles. The summed E-state index contributed by atoms with van der Waals surface area (Å²) in [6.45, 7) is 1.45. The van der Waals surface area contributed by atoms with Gasteiger partial charge < -0.3 is 10.1 Å². The van der Waals surface area contributed by atoms with Crippen LogP contribution in [0.1, 0.15) is 35.8 Å². The first-order valence-electron chi connectivity index (χ1n) is 8.43. The average Bonchev–Trinajstić information content (AvgIpc) is 2.65. The van der Waals surface area contributed by atoms with Crippen LogP contribution in [-0.4, -0.2) is 28.3 Å². The van der Waals surface area contributed by atoms with E-state index in [1.807, 2.05) is 6.92 Å². The third-order valence-electron chi connectivity index (χ3n) is 3.64. The molecular weight excluding hydrogens is 379 g/mol. The van der Waals surface area contributed by atoms with Crippen LogP contribution >= 0.6 is 0 Å². The van der Waals surface area contributed by atoms with Crippen LogP contribution in [0.3, 0.4) is 0 Å². The average molecular weight is 397 g/mol. The maximum atomic E-state index is 12.9. The summed E-state index contributed by atoms with van der Waals surface area (Å²) in [6, 6.07) is 6.75. The van der Waals surface area contributed by atoms with Crippen LogP contribution in [0.25, 0.3) is 0 Å². The second-order valence-electron chi connectivity index (χ2n) is 5.80. The fourth-order valence-corrected chi connectivity index (χ4v) is 2.26. The number of aromatic nitrogens is 2. The van der Waals surface area contributed by atoms with Crippen molar-refractivity contribution in [1.29, 1.82) is 0 Å². The first-order chi connectivity index (χ1) is 13.2. The highest BCUT2D eigenvalue weighted by Gasteiger charge is 2.33. The van der Waals surface area contributed by atoms with Crippen molar-refractivity contribution in [2.75, 3.05) is 11.9 Å². The highest BCUT2D eigenvalue weighted by molar-refractivity contribution is 5.95. The number of unbranched alkanes of at least 4 members (excludes halogenated alkanes) is 1. The van der Waals surface area contributed by atoms with Crippen molar-refractivity contribution < 1.29 is 27.5 Å². The van der Waals surface area contributed by atoms with Gasteiger partial charge in [-0.3, -0.25) is 9.59 Å². The number of carbonyl (C=O) groups excluding carboxylic acids is 2. The molecule has 0 bridgehead atoms. The number of anilines is 1. The molecule has 0 aliphatic rings. The highest BCUT2D eigenvalue weighted by Crippen LogP contribution is 2.34. The molecule has 7 nitrogen and oxygen atoms in total. The summed E-state index contributed by atoms with van der Waals surface area (Å²) < 4.78 is 44.6. The Morgan fingerprint density at radius 2 is 1.89 bits per heavy atom. The van der Waals surface area contributed by atoms with E-state index in [0.29, 0.717) is 13.0 Å². The number of carbonyl (C=O) groups is 2. The van der Waals surface area contributed by atoms with E-state index >= 15 is 0 Å². The Kier molecular flexibility index (Phi) is 6.91. The zero-order valence-corrected chi connectivity index (χ0v) is 15.0. The van der Waals surface area contributed by atoms with Gasteiger partial charge in [0, 0.05) is 12.6 Å². The number of nitrogens with one attached hydrogen (secondary N) is 1. The standard InChI is InChI=1S/C18H18F3N3O4/c1-2-3-10-24-16(26)9-8-14(23-24)17(27)28-11-15(25)22-13-7-5-4-6-12(13)18(19,20)21/h4-9H,2-3,10-11H2,1H3,(H,22,25). The van der Waals surface area contributed by atoms with Gasteiger partial charge in [0.1, 0.15) is 0 Å². The molecule has 0 saturated carbocycles. The number of halogens is 3. The molecule has 2 rings (SSSR count). The van der Waals surface area contributed by atoms with E-state index in [1.54, 1.807) is 0 Å². The van der Waals surface area contributed by atoms with Crippen LogP contribution in [0.2, 0.25) is 0 Å². The van der Waals surface area contributed by atoms with Crippen molar-refractivity contribution in [3.63, 3.8) is 0 Å². The molecule has 1 N–H and O–H groups in total. The smallest absolute Gasteiger partial charge is 0.418 e. The summed E-state index contributed by atoms with van der Waals surface area (Å²) in [6.07, 6.45) is -3.13. The summed E-state index contributed by atoms with van der Waals surface area (Å²) in [4.78, 5) is 35.5. The summed E-state index contributed by atoms with van der Waals surface area (Å²) in [5.74, 6) is -1.91. The van der Waals surface area contributed by atoms with Crippen LogP contribution < -0.4 is 10.9 Å². The Morgan fingerprint density at radius 3 is 2.57 bits per heavy atom. The van der Waals surface area contributed by atoms with Crippen molar-refractivity contribution >= 4 is 17.6 Å². The predicted molar refractivity (Wildman–Crippen MR) is 93.8 cm³/mol. The zero-order valence-electron chi connectivity index (χ0n) is 15.0. The number of hydrogen-bond donors (Lipinski definition) is 1. The van der Waals surface area contributed by atoms with Gasteiger partial charge in [-0.05, 0) is 24.6 Å². The van der Waals surface area contributed by atoms with Gasteiger partial charge in [-0.25, -0.2) is 9.48 Å². The molecule has 0 radical (unpaired) electrons. The maximum Gasteiger partial charge on any atom is 0.418 e. The lowest BCUT2D eigenvalue weighted by Crippen LogP contribution is -2.26. The van der Waals surface area contributed by atoms with E-state index in [0.717, 1.165) is 35.4 Å². The summed E-state index contributed by atoms with van der Waals surface area (Å²) in [7, 11) is 0. The van der Waals surface area contributed by atoms with E-state index in [9.17, 15) is 27.6 Å². The van der Waals surface area contributed by atoms with Gasteiger partial charge in [0.05, 0.1) is 11.3 Å². The number of amides is 1. The molecule has 0 fully saturated rings. The van der Waals surface area contributed by atoms with E-state index in [1.165, 1.54) is 12.1 Å². The number of rotatable bonds is 7. The van der Waals surface area contributed by atoms with Crippen molar-refractivity contribution in [1.82, 2.24) is 9.78 Å². The number of benzene rings is 1. The van der Waals surface area contributed by atoms with Gasteiger partial charge >= 0.3 is 12.1 Å². The molecule has 1 aromatic carbocycles. The van der Waals surface area contributed by atoms with Crippen molar-refractivity contribution in [3.8, 4) is 0 Å². The number of para-hydroxylation sites is 1. The zero-order chi connectivity index (χ0) is 20.7. The fourth-order valence-electron chi connectivity index (χ4n) is 2.26. The molecule has 10 heteroatoms. The Hall–Kier alpha value is -3.17. The van der Waals surface area contributed by atoms with Crippen LogP contribution in [0, 0.1) is 0 Å². The topological polar surface area (TPSA) is 90.3 Å². The number of hydrogen-bond acceptors (Lipinski definition) is 5. The van der Waals surface area contributed by atoms with E-state index in [4.69, 9.17) is 4.74 Å². The molecule has 1 amide bonds. The Balaban J connectivity index is 2.00. The van der Waals surface area contributed by atoms with Crippen molar-refractivity contribution in [2.24, 2.45) is 0 Å². The largest absolute Gasteiger partial charge is 0.451 e. The van der Waals surface area contributed by atoms with Crippen LogP contribution in [0.5, 0.6) is 0 Å². The molecule has 1 aromatic heterocycles. The third kappa shape index (κ3) is 5.66. The molecule has 0 atom stereocenters. The number of alkyl halides is 3. The Labute approximate surface area is 158 Å². The number of aryl methyl sites for hydroxylation is 1. The molecule has 28 heavy (non-hydrogen) atoms. The van der Waals surface area contributed by atoms with Crippen LogP contribution in [0.4, 0.5) is 18.9 Å². The van der Waals surface area contributed by atoms with Gasteiger partial charge in [0.25, 0.3) is 11.5 Å². The minimum Gasteiger partial charge on any atom is -0.451 e. The van der Waals surface area contributed by atoms with Gasteiger partial charge in [-0.1, -0.05) is 25.5 Å². The monoisotopic (exact) mass is 397 g/mol. The van der Waals surface area contributed by atoms with E-state index in [2.05, 4.69) is 10.4 Å². The minimum atomic E-state index is -4.64. The van der Waals surface area contributed by atoms with Crippen LogP contribution in [0.15, 0.2) is 41.2 Å². The molecule has 0 unspecified atom stereocenters. The SMILES string of the molecule is CCCCn1nc(C(=O)OCC(=O)Nc2ccccc2C(F)(F)F)ccc1=O. The molecule has 0 spiro atoms. The highest BCUT2D eigenvalue weighted by atomic mass is 19.4. The van der Waals surface area contributed by atoms with Crippen LogP contribution in [-0.2, 0) is 22.3 Å². The maximum absolute atomic E-state index is 12.9. The number of esters is 1. The number of ether oxygens (including phenoxy) is 1. The predicted octanol–water partition coefficient (Wildman–Crippen LogP) is 2.86. The third-order valence-corrected chi connectivity index (χ3v) is 3.64. The number of nitrogens with zero attached hydrogens (tertiary/aromatic N) is 2. The molecule has 150 valence electrons. The quantitative estimate of drug-likeness (QED) is 0.726. The van der Waals surface area contributed by atoms with Gasteiger partial charge in [0.15, 0.2) is 12.3 Å². The molecular formula is C18H18F3N3O4.